The highest BCUT2D eigenvalue weighted by atomic mass is 16.5. The average molecular weight is 441 g/mol. The molecule has 6 rings (SSSR count). The Morgan fingerprint density at radius 3 is 2.69 bits per heavy atom. The number of benzene rings is 1. The molecule has 1 aromatic carbocycles. The van der Waals surface area contributed by atoms with Gasteiger partial charge in [0.1, 0.15) is 17.0 Å². The summed E-state index contributed by atoms with van der Waals surface area (Å²) in [5.74, 6) is -2.55. The molecule has 8 heteroatoms. The monoisotopic (exact) mass is 441 g/mol. The first kappa shape index (κ1) is 21.0. The maximum atomic E-state index is 13.1. The van der Waals surface area contributed by atoms with E-state index in [2.05, 4.69) is 18.3 Å². The number of rotatable bonds is 5. The second kappa shape index (κ2) is 6.57. The van der Waals surface area contributed by atoms with E-state index in [-0.39, 0.29) is 47.4 Å². The van der Waals surface area contributed by atoms with Crippen molar-refractivity contribution < 1.29 is 34.4 Å². The molecule has 2 aliphatic heterocycles. The number of carboxylic acids is 1. The van der Waals surface area contributed by atoms with Gasteiger partial charge in [0.15, 0.2) is 11.5 Å². The number of nitrogens with one attached hydrogen (secondary N) is 1. The summed E-state index contributed by atoms with van der Waals surface area (Å²) in [6, 6.07) is 2.16. The molecule has 170 valence electrons. The topological polar surface area (TPSA) is 133 Å². The lowest BCUT2D eigenvalue weighted by Gasteiger charge is -2.55. The zero-order valence-electron chi connectivity index (χ0n) is 18.1. The van der Waals surface area contributed by atoms with Crippen molar-refractivity contribution in [3.63, 3.8) is 0 Å². The van der Waals surface area contributed by atoms with E-state index in [4.69, 9.17) is 9.84 Å². The number of hydrogen-bond donors (Lipinski definition) is 4. The van der Waals surface area contributed by atoms with Gasteiger partial charge in [0.05, 0.1) is 11.7 Å². The first-order valence-electron chi connectivity index (χ1n) is 11.0. The fourth-order valence-electron chi connectivity index (χ4n) is 7.09. The molecule has 0 aromatic heterocycles. The van der Waals surface area contributed by atoms with E-state index in [9.17, 15) is 24.6 Å². The van der Waals surface area contributed by atoms with Crippen LogP contribution in [0.2, 0.25) is 0 Å². The molecule has 1 aromatic rings. The maximum Gasteiger partial charge on any atom is 0.339 e. The zero-order valence-corrected chi connectivity index (χ0v) is 18.1. The number of carbonyl (C=O) groups excluding carboxylic acids is 2. The molecule has 6 atom stereocenters. The van der Waals surface area contributed by atoms with Crippen molar-refractivity contribution in [2.45, 2.75) is 57.7 Å². The lowest BCUT2D eigenvalue weighted by molar-refractivity contribution is -0.169. The van der Waals surface area contributed by atoms with Gasteiger partial charge in [-0.05, 0) is 62.1 Å². The average Bonchev–Trinajstić information content (AvgIpc) is 3.08. The van der Waals surface area contributed by atoms with Gasteiger partial charge in [0.25, 0.3) is 0 Å². The van der Waals surface area contributed by atoms with E-state index >= 15 is 0 Å². The molecule has 5 aliphatic rings. The van der Waals surface area contributed by atoms with Crippen LogP contribution in [-0.2, 0) is 14.3 Å². The van der Waals surface area contributed by atoms with Crippen LogP contribution in [0.1, 0.15) is 56.3 Å². The number of hydrogen-bond acceptors (Lipinski definition) is 6. The number of anilines is 1. The van der Waals surface area contributed by atoms with Crippen LogP contribution in [0.3, 0.4) is 0 Å². The minimum absolute atomic E-state index is 0.00395. The summed E-state index contributed by atoms with van der Waals surface area (Å²) in [7, 11) is 0. The van der Waals surface area contributed by atoms with Crippen LogP contribution < -0.4 is 5.32 Å². The normalized spacial score (nSPS) is 38.7. The predicted molar refractivity (Wildman–Crippen MR) is 113 cm³/mol. The number of ketones is 1. The molecule has 4 fully saturated rings. The number of aromatic carboxylic acids is 1. The number of phenols is 2. The Kier molecular flexibility index (Phi) is 4.31. The Hall–Kier alpha value is -2.87. The van der Waals surface area contributed by atoms with E-state index in [1.165, 1.54) is 0 Å². The quantitative estimate of drug-likeness (QED) is 0.516. The summed E-state index contributed by atoms with van der Waals surface area (Å²) in [6.45, 7) is 4.08. The van der Waals surface area contributed by atoms with Crippen LogP contribution in [0.25, 0.3) is 0 Å². The number of aromatic hydroxyl groups is 2. The molecule has 1 amide bonds. The van der Waals surface area contributed by atoms with E-state index in [0.717, 1.165) is 31.4 Å². The zero-order chi connectivity index (χ0) is 23.1. The first-order chi connectivity index (χ1) is 15.0. The fourth-order valence-corrected chi connectivity index (χ4v) is 7.09. The van der Waals surface area contributed by atoms with Gasteiger partial charge in [-0.25, -0.2) is 4.79 Å². The van der Waals surface area contributed by atoms with Gasteiger partial charge >= 0.3 is 5.97 Å². The molecule has 4 N–H and O–H groups in total. The highest BCUT2D eigenvalue weighted by molar-refractivity contribution is 6.00. The van der Waals surface area contributed by atoms with Crippen molar-refractivity contribution in [1.29, 1.82) is 0 Å². The third-order valence-corrected chi connectivity index (χ3v) is 8.44. The first-order valence-corrected chi connectivity index (χ1v) is 11.0. The van der Waals surface area contributed by atoms with Gasteiger partial charge in [-0.2, -0.15) is 0 Å². The van der Waals surface area contributed by atoms with E-state index in [1.54, 1.807) is 6.08 Å². The number of ether oxygens (including phenoxy) is 1. The van der Waals surface area contributed by atoms with Crippen molar-refractivity contribution in [1.82, 2.24) is 0 Å². The molecule has 4 bridgehead atoms. The van der Waals surface area contributed by atoms with Crippen molar-refractivity contribution in [3.8, 4) is 11.5 Å². The summed E-state index contributed by atoms with van der Waals surface area (Å²) in [5, 5.41) is 31.7. The lowest BCUT2D eigenvalue weighted by Crippen LogP contribution is -2.56. The Labute approximate surface area is 185 Å². The molecule has 0 radical (unpaired) electrons. The molecule has 3 aliphatic carbocycles. The fraction of sp³-hybridized carbons (Fsp3) is 0.542. The van der Waals surface area contributed by atoms with Crippen LogP contribution in [0, 0.1) is 22.7 Å². The maximum absolute atomic E-state index is 13.1. The van der Waals surface area contributed by atoms with Crippen molar-refractivity contribution in [3.05, 3.63) is 29.8 Å². The Bertz CT molecular complexity index is 1080. The molecule has 2 heterocycles. The molecule has 5 unspecified atom stereocenters. The molecule has 2 saturated carbocycles. The van der Waals surface area contributed by atoms with Crippen molar-refractivity contribution >= 4 is 23.3 Å². The minimum Gasteiger partial charge on any atom is -0.506 e. The summed E-state index contributed by atoms with van der Waals surface area (Å²) in [4.78, 5) is 37.0. The standard InChI is InChI=1S/C24H27NO7/c1-22(7-6-17(28)25-18-14(26)4-3-13(19(18)29)21(30)31)16(27)5-8-24-10-12-9-15(20(22)24)32-23(12,2)11-24/h3-5,8,12,15,20,26,29H,6-7,9-11H2,1-2H3,(H,25,28)(H,30,31)/t12?,15?,20?,22-,23?,24?/m0/s1. The van der Waals surface area contributed by atoms with Crippen LogP contribution >= 0.6 is 0 Å². The van der Waals surface area contributed by atoms with Gasteiger partial charge in [0.2, 0.25) is 5.91 Å². The highest BCUT2D eigenvalue weighted by Gasteiger charge is 2.71. The Balaban J connectivity index is 1.36. The lowest BCUT2D eigenvalue weighted by atomic mass is 9.51. The van der Waals surface area contributed by atoms with Gasteiger partial charge in [-0.15, -0.1) is 0 Å². The number of carbonyl (C=O) groups is 3. The van der Waals surface area contributed by atoms with Gasteiger partial charge in [0, 0.05) is 17.8 Å². The van der Waals surface area contributed by atoms with Gasteiger partial charge in [-0.1, -0.05) is 13.0 Å². The Morgan fingerprint density at radius 1 is 1.25 bits per heavy atom. The van der Waals surface area contributed by atoms with Gasteiger partial charge < -0.3 is 25.4 Å². The minimum atomic E-state index is -1.38. The Morgan fingerprint density at radius 2 is 2.00 bits per heavy atom. The number of allylic oxidation sites excluding steroid dienone is 2. The van der Waals surface area contributed by atoms with Crippen molar-refractivity contribution in [2.75, 3.05) is 5.32 Å². The molecular formula is C24H27NO7. The number of phenolic OH excluding ortho intramolecular Hbond substituents is 1. The molecular weight excluding hydrogens is 414 g/mol. The summed E-state index contributed by atoms with van der Waals surface area (Å²) < 4.78 is 6.41. The highest BCUT2D eigenvalue weighted by Crippen LogP contribution is 2.71. The summed E-state index contributed by atoms with van der Waals surface area (Å²) >= 11 is 0. The largest absolute Gasteiger partial charge is 0.506 e. The van der Waals surface area contributed by atoms with Crippen LogP contribution in [0.5, 0.6) is 11.5 Å². The number of amides is 1. The molecule has 1 spiro atoms. The molecule has 32 heavy (non-hydrogen) atoms. The SMILES string of the molecule is CC12CC34C=CC(=O)[C@](C)(CCC(=O)Nc5c(O)ccc(C(=O)O)c5O)C3C(CC1C4)O2. The van der Waals surface area contributed by atoms with Crippen molar-refractivity contribution in [2.24, 2.45) is 22.7 Å². The third-order valence-electron chi connectivity index (χ3n) is 8.44. The van der Waals surface area contributed by atoms with Crippen LogP contribution in [-0.4, -0.2) is 44.7 Å². The van der Waals surface area contributed by atoms with E-state index in [0.29, 0.717) is 5.92 Å². The molecule has 8 nitrogen and oxygen atoms in total. The summed E-state index contributed by atoms with van der Waals surface area (Å²) in [5.41, 5.74) is -1.75. The van der Waals surface area contributed by atoms with E-state index in [1.807, 2.05) is 6.92 Å². The number of carboxylic acid groups (broad SMARTS) is 1. The second-order valence-electron chi connectivity index (χ2n) is 10.3. The summed E-state index contributed by atoms with van der Waals surface area (Å²) in [6.07, 6.45) is 6.86. The van der Waals surface area contributed by atoms with Crippen LogP contribution in [0.4, 0.5) is 5.69 Å². The van der Waals surface area contributed by atoms with Gasteiger partial charge in [-0.3, -0.25) is 9.59 Å². The third kappa shape index (κ3) is 2.75. The van der Waals surface area contributed by atoms with Crippen LogP contribution in [0.15, 0.2) is 24.3 Å². The van der Waals surface area contributed by atoms with E-state index < -0.39 is 34.4 Å². The smallest absolute Gasteiger partial charge is 0.339 e. The predicted octanol–water partition coefficient (Wildman–Crippen LogP) is 3.23. The second-order valence-corrected chi connectivity index (χ2v) is 10.3. The molecule has 2 saturated heterocycles.